The van der Waals surface area contributed by atoms with E-state index in [9.17, 15) is 0 Å². The molecule has 0 bridgehead atoms. The van der Waals surface area contributed by atoms with Gasteiger partial charge in [-0.3, -0.25) is 0 Å². The van der Waals surface area contributed by atoms with Gasteiger partial charge in [0.1, 0.15) is 17.3 Å². The van der Waals surface area contributed by atoms with Crippen molar-refractivity contribution in [2.75, 3.05) is 17.3 Å². The average molecular weight is 244 g/mol. The zero-order valence-corrected chi connectivity index (χ0v) is 8.30. The van der Waals surface area contributed by atoms with E-state index in [0.717, 1.165) is 10.9 Å². The van der Waals surface area contributed by atoms with Crippen LogP contribution in [0.5, 0.6) is 0 Å². The van der Waals surface area contributed by atoms with Gasteiger partial charge in [-0.15, -0.1) is 0 Å². The SMILES string of the molecule is CC[S+]1CCCC1.[I-]. The molecule has 0 aliphatic carbocycles. The molecule has 0 aromatic rings. The molecule has 8 heavy (non-hydrogen) atoms. The second-order valence-electron chi connectivity index (χ2n) is 2.02. The van der Waals surface area contributed by atoms with Gasteiger partial charge in [0.25, 0.3) is 0 Å². The van der Waals surface area contributed by atoms with E-state index in [2.05, 4.69) is 6.92 Å². The minimum absolute atomic E-state index is 0. The van der Waals surface area contributed by atoms with Gasteiger partial charge in [-0.1, -0.05) is 0 Å². The fourth-order valence-electron chi connectivity index (χ4n) is 1.00. The smallest absolute Gasteiger partial charge is 0.108 e. The van der Waals surface area contributed by atoms with Crippen LogP contribution in [-0.4, -0.2) is 17.3 Å². The van der Waals surface area contributed by atoms with Crippen LogP contribution in [0, 0.1) is 0 Å². The summed E-state index contributed by atoms with van der Waals surface area (Å²) in [6, 6.07) is 0. The maximum Gasteiger partial charge on any atom is 0.108 e. The summed E-state index contributed by atoms with van der Waals surface area (Å²) in [4.78, 5) is 0. The molecule has 0 amide bonds. The van der Waals surface area contributed by atoms with Crippen molar-refractivity contribution in [1.29, 1.82) is 0 Å². The van der Waals surface area contributed by atoms with Crippen LogP contribution in [0.15, 0.2) is 0 Å². The Morgan fingerprint density at radius 3 is 2.00 bits per heavy atom. The van der Waals surface area contributed by atoms with Crippen molar-refractivity contribution in [2.45, 2.75) is 19.8 Å². The van der Waals surface area contributed by atoms with E-state index in [-0.39, 0.29) is 24.0 Å². The van der Waals surface area contributed by atoms with Crippen molar-refractivity contribution >= 4 is 10.9 Å². The summed E-state index contributed by atoms with van der Waals surface area (Å²) in [6.45, 7) is 2.31. The third-order valence-electron chi connectivity index (χ3n) is 1.52. The first kappa shape index (κ1) is 9.08. The van der Waals surface area contributed by atoms with Crippen molar-refractivity contribution in [2.24, 2.45) is 0 Å². The van der Waals surface area contributed by atoms with Crippen LogP contribution in [0.1, 0.15) is 19.8 Å². The van der Waals surface area contributed by atoms with Gasteiger partial charge in [0.05, 0.1) is 0 Å². The minimum atomic E-state index is 0. The summed E-state index contributed by atoms with van der Waals surface area (Å²) in [5.74, 6) is 4.52. The van der Waals surface area contributed by atoms with E-state index >= 15 is 0 Å². The zero-order valence-electron chi connectivity index (χ0n) is 5.32. The molecule has 0 atom stereocenters. The van der Waals surface area contributed by atoms with Crippen LogP contribution in [0.2, 0.25) is 0 Å². The van der Waals surface area contributed by atoms with E-state index < -0.39 is 0 Å². The quantitative estimate of drug-likeness (QED) is 0.386. The minimum Gasteiger partial charge on any atom is -1.00 e. The molecule has 2 heteroatoms. The monoisotopic (exact) mass is 244 g/mol. The summed E-state index contributed by atoms with van der Waals surface area (Å²) >= 11 is 0. The molecule has 0 saturated carbocycles. The molecule has 0 aromatic carbocycles. The molecule has 1 rings (SSSR count). The van der Waals surface area contributed by atoms with Crippen LogP contribution in [0.25, 0.3) is 0 Å². The van der Waals surface area contributed by atoms with Crippen LogP contribution in [0.3, 0.4) is 0 Å². The summed E-state index contributed by atoms with van der Waals surface area (Å²) < 4.78 is 0. The predicted molar refractivity (Wildman–Crippen MR) is 36.9 cm³/mol. The van der Waals surface area contributed by atoms with Crippen molar-refractivity contribution < 1.29 is 24.0 Å². The van der Waals surface area contributed by atoms with E-state index in [1.54, 1.807) is 0 Å². The molecule has 0 radical (unpaired) electrons. The first-order valence-corrected chi connectivity index (χ1v) is 4.81. The lowest BCUT2D eigenvalue weighted by Gasteiger charge is -1.90. The second kappa shape index (κ2) is 4.91. The van der Waals surface area contributed by atoms with Gasteiger partial charge in [0, 0.05) is 0 Å². The normalized spacial score (nSPS) is 20.6. The molecule has 0 unspecified atom stereocenters. The topological polar surface area (TPSA) is 0 Å². The van der Waals surface area contributed by atoms with Crippen LogP contribution < -0.4 is 24.0 Å². The van der Waals surface area contributed by atoms with Crippen molar-refractivity contribution in [3.05, 3.63) is 0 Å². The third kappa shape index (κ3) is 2.58. The standard InChI is InChI=1S/C6H13S.HI/c1-2-7-5-3-4-6-7;/h2-6H2,1H3;1H/q+1;/p-1. The molecular formula is C6H13IS. The summed E-state index contributed by atoms with van der Waals surface area (Å²) in [5.41, 5.74) is 0. The predicted octanol–water partition coefficient (Wildman–Crippen LogP) is -1.58. The maximum absolute atomic E-state index is 2.31. The number of halogens is 1. The maximum atomic E-state index is 2.31. The Morgan fingerprint density at radius 2 is 1.75 bits per heavy atom. The van der Waals surface area contributed by atoms with E-state index in [0.29, 0.717) is 0 Å². The lowest BCUT2D eigenvalue weighted by Crippen LogP contribution is -3.00. The molecule has 50 valence electrons. The molecule has 0 spiro atoms. The van der Waals surface area contributed by atoms with Gasteiger partial charge >= 0.3 is 0 Å². The van der Waals surface area contributed by atoms with Gasteiger partial charge in [-0.05, 0) is 30.7 Å². The zero-order chi connectivity index (χ0) is 5.11. The molecule has 1 saturated heterocycles. The Hall–Kier alpha value is 1.08. The Kier molecular flexibility index (Phi) is 5.58. The van der Waals surface area contributed by atoms with E-state index in [1.807, 2.05) is 0 Å². The second-order valence-corrected chi connectivity index (χ2v) is 4.63. The van der Waals surface area contributed by atoms with E-state index in [1.165, 1.54) is 30.1 Å². The lowest BCUT2D eigenvalue weighted by atomic mass is 10.4. The molecule has 1 heterocycles. The van der Waals surface area contributed by atoms with Crippen molar-refractivity contribution in [1.82, 2.24) is 0 Å². The Bertz CT molecular complexity index is 50.5. The third-order valence-corrected chi connectivity index (χ3v) is 4.07. The molecular weight excluding hydrogens is 231 g/mol. The lowest BCUT2D eigenvalue weighted by molar-refractivity contribution is -0.00000154. The fraction of sp³-hybridized carbons (Fsp3) is 1.00. The highest BCUT2D eigenvalue weighted by Crippen LogP contribution is 2.11. The molecule has 0 nitrogen and oxygen atoms in total. The van der Waals surface area contributed by atoms with Crippen LogP contribution >= 0.6 is 0 Å². The highest BCUT2D eigenvalue weighted by atomic mass is 127. The first-order valence-electron chi connectivity index (χ1n) is 3.07. The molecule has 0 aromatic heterocycles. The molecule has 1 aliphatic heterocycles. The highest BCUT2D eigenvalue weighted by molar-refractivity contribution is 7.97. The van der Waals surface area contributed by atoms with Crippen LogP contribution in [0.4, 0.5) is 0 Å². The largest absolute Gasteiger partial charge is 1.00 e. The van der Waals surface area contributed by atoms with E-state index in [4.69, 9.17) is 0 Å². The first-order chi connectivity index (χ1) is 3.43. The summed E-state index contributed by atoms with van der Waals surface area (Å²) in [7, 11) is 0.866. The van der Waals surface area contributed by atoms with Crippen LogP contribution in [-0.2, 0) is 10.9 Å². The molecule has 1 aliphatic rings. The number of hydrogen-bond donors (Lipinski definition) is 0. The molecule has 0 N–H and O–H groups in total. The summed E-state index contributed by atoms with van der Waals surface area (Å²) in [5, 5.41) is 0. The highest BCUT2D eigenvalue weighted by Gasteiger charge is 2.20. The Balaban J connectivity index is 0.000000490. The van der Waals surface area contributed by atoms with Gasteiger partial charge < -0.3 is 24.0 Å². The van der Waals surface area contributed by atoms with Crippen molar-refractivity contribution in [3.8, 4) is 0 Å². The number of rotatable bonds is 1. The summed E-state index contributed by atoms with van der Waals surface area (Å²) in [6.07, 6.45) is 3.02. The van der Waals surface area contributed by atoms with Gasteiger partial charge in [0.2, 0.25) is 0 Å². The Morgan fingerprint density at radius 1 is 1.25 bits per heavy atom. The van der Waals surface area contributed by atoms with Gasteiger partial charge in [0.15, 0.2) is 0 Å². The fourth-order valence-corrected chi connectivity index (χ4v) is 3.01. The molecule has 1 fully saturated rings. The average Bonchev–Trinajstić information content (AvgIpc) is 2.14. The van der Waals surface area contributed by atoms with Gasteiger partial charge in [-0.2, -0.15) is 0 Å². The Labute approximate surface area is 71.8 Å². The van der Waals surface area contributed by atoms with Crippen molar-refractivity contribution in [3.63, 3.8) is 0 Å². The number of hydrogen-bond acceptors (Lipinski definition) is 0. The van der Waals surface area contributed by atoms with Gasteiger partial charge in [-0.25, -0.2) is 0 Å².